The minimum Gasteiger partial charge on any atom is -0.505 e. The molecule has 0 saturated heterocycles. The molecule has 2 heterocycles. The molecular weight excluding hydrogens is 531 g/mol. The fourth-order valence-electron chi connectivity index (χ4n) is 1.65. The molecule has 0 aliphatic carbocycles. The Bertz CT molecular complexity index is 520. The predicted octanol–water partition coefficient (Wildman–Crippen LogP) is -2.82. The summed E-state index contributed by atoms with van der Waals surface area (Å²) < 4.78 is 8.63. The summed E-state index contributed by atoms with van der Waals surface area (Å²) in [5, 5.41) is 70.1. The average molecular weight is 547 g/mol. The van der Waals surface area contributed by atoms with Crippen LogP contribution < -0.4 is 0 Å². The molecule has 0 fully saturated rings. The Balaban J connectivity index is 0.000000443. The van der Waals surface area contributed by atoms with Crippen molar-refractivity contribution in [3.63, 3.8) is 0 Å². The van der Waals surface area contributed by atoms with Crippen LogP contribution in [0.5, 0.6) is 0 Å². The van der Waals surface area contributed by atoms with Gasteiger partial charge in [0.15, 0.2) is 23.7 Å². The van der Waals surface area contributed by atoms with E-state index in [9.17, 15) is 9.59 Å². The van der Waals surface area contributed by atoms with Crippen LogP contribution in [0, 0.1) is 0 Å². The van der Waals surface area contributed by atoms with Gasteiger partial charge < -0.3 is 50.3 Å². The Hall–Kier alpha value is -1.85. The zero-order valence-corrected chi connectivity index (χ0v) is 14.5. The molecule has 13 heteroatoms. The van der Waals surface area contributed by atoms with Crippen molar-refractivity contribution in [2.45, 2.75) is 24.4 Å². The van der Waals surface area contributed by atoms with Gasteiger partial charge in [-0.1, -0.05) is 0 Å². The molecule has 8 N–H and O–H groups in total. The fourth-order valence-corrected chi connectivity index (χ4v) is 1.65. The van der Waals surface area contributed by atoms with Gasteiger partial charge in [-0.05, 0) is 0 Å². The molecule has 0 aromatic heterocycles. The number of esters is 2. The van der Waals surface area contributed by atoms with Gasteiger partial charge in [0.2, 0.25) is 11.5 Å². The summed E-state index contributed by atoms with van der Waals surface area (Å²) in [4.78, 5) is 21.1. The number of rotatable bonds is 4. The first-order valence-electron chi connectivity index (χ1n) is 6.39. The van der Waals surface area contributed by atoms with Crippen molar-refractivity contribution in [3.05, 3.63) is 23.0 Å². The molecule has 2 rings (SSSR count). The smallest absolute Gasteiger partial charge is 0.377 e. The molecule has 0 spiro atoms. The second-order valence-corrected chi connectivity index (χ2v) is 4.62. The van der Waals surface area contributed by atoms with Gasteiger partial charge in [-0.2, -0.15) is 0 Å². The van der Waals surface area contributed by atoms with Gasteiger partial charge in [0.25, 0.3) is 0 Å². The molecule has 146 valence electrons. The second-order valence-electron chi connectivity index (χ2n) is 4.62. The quantitative estimate of drug-likeness (QED) is 0.167. The van der Waals surface area contributed by atoms with Crippen molar-refractivity contribution in [1.82, 2.24) is 0 Å². The Morgan fingerprint density at radius 3 is 1.20 bits per heavy atom. The maximum absolute atomic E-state index is 10.5. The van der Waals surface area contributed by atoms with E-state index in [1.807, 2.05) is 0 Å². The third kappa shape index (κ3) is 5.06. The third-order valence-corrected chi connectivity index (χ3v) is 2.95. The topological polar surface area (TPSA) is 214 Å². The maximum atomic E-state index is 10.5. The zero-order valence-electron chi connectivity index (χ0n) is 12.3. The first-order chi connectivity index (χ1) is 11.1. The first-order valence-corrected chi connectivity index (χ1v) is 6.39. The standard InChI is InChI=1S/2C6H8O6.Pt/c2*7-1-2(8)5-3(9)4(10)6(11)12-5;/h2*2,5,7-10H,1H2;/t2*2-,5+;/m00./s1. The zero-order chi connectivity index (χ0) is 18.6. The molecule has 0 saturated carbocycles. The van der Waals surface area contributed by atoms with Crippen LogP contribution in [0.1, 0.15) is 0 Å². The molecule has 4 atom stereocenters. The average Bonchev–Trinajstić information content (AvgIpc) is 2.98. The van der Waals surface area contributed by atoms with Crippen molar-refractivity contribution in [1.29, 1.82) is 0 Å². The normalized spacial score (nSPS) is 24.8. The van der Waals surface area contributed by atoms with Crippen molar-refractivity contribution >= 4 is 11.9 Å². The Kier molecular flexibility index (Phi) is 8.87. The minimum absolute atomic E-state index is 0. The van der Waals surface area contributed by atoms with Crippen LogP contribution >= 0.6 is 0 Å². The van der Waals surface area contributed by atoms with Crippen LogP contribution in [0.2, 0.25) is 0 Å². The summed E-state index contributed by atoms with van der Waals surface area (Å²) in [6.45, 7) is -1.34. The molecular formula is C12H16O12Pt. The van der Waals surface area contributed by atoms with Gasteiger partial charge in [0.1, 0.15) is 12.2 Å². The van der Waals surface area contributed by atoms with Gasteiger partial charge >= 0.3 is 11.9 Å². The van der Waals surface area contributed by atoms with E-state index in [1.165, 1.54) is 0 Å². The van der Waals surface area contributed by atoms with Crippen LogP contribution in [-0.4, -0.2) is 90.4 Å². The number of carbonyl (C=O) groups excluding carboxylic acids is 2. The summed E-state index contributed by atoms with van der Waals surface area (Å²) in [5.41, 5.74) is 0. The fraction of sp³-hybridized carbons (Fsp3) is 0.500. The van der Waals surface area contributed by atoms with Crippen LogP contribution in [-0.2, 0) is 40.1 Å². The van der Waals surface area contributed by atoms with Crippen LogP contribution in [0.15, 0.2) is 23.0 Å². The molecule has 2 aliphatic rings. The summed E-state index contributed by atoms with van der Waals surface area (Å²) in [6.07, 6.45) is -5.55. The molecule has 2 aliphatic heterocycles. The van der Waals surface area contributed by atoms with Crippen molar-refractivity contribution in [2.24, 2.45) is 0 Å². The van der Waals surface area contributed by atoms with E-state index in [0.29, 0.717) is 0 Å². The van der Waals surface area contributed by atoms with E-state index in [0.717, 1.165) is 0 Å². The molecule has 0 unspecified atom stereocenters. The van der Waals surface area contributed by atoms with Gasteiger partial charge in [-0.15, -0.1) is 0 Å². The number of carbonyl (C=O) groups is 2. The molecule has 0 aromatic rings. The molecule has 12 nitrogen and oxygen atoms in total. The summed E-state index contributed by atoms with van der Waals surface area (Å²) in [7, 11) is 0. The van der Waals surface area contributed by atoms with E-state index in [2.05, 4.69) is 9.47 Å². The SMILES string of the molecule is O=C1O[C@H]([C@@H](O)CO)C(O)=C1O.O=C1O[C@H]([C@@H](O)CO)C(O)=C1O.[Pt]. The number of hydrogen-bond donors (Lipinski definition) is 8. The van der Waals surface area contributed by atoms with Crippen LogP contribution in [0.4, 0.5) is 0 Å². The van der Waals surface area contributed by atoms with Crippen molar-refractivity contribution < 1.29 is 81.0 Å². The van der Waals surface area contributed by atoms with Gasteiger partial charge in [0.05, 0.1) is 13.2 Å². The molecule has 0 bridgehead atoms. The molecule has 0 aromatic carbocycles. The van der Waals surface area contributed by atoms with E-state index in [4.69, 9.17) is 40.9 Å². The van der Waals surface area contributed by atoms with Gasteiger partial charge in [-0.25, -0.2) is 9.59 Å². The van der Waals surface area contributed by atoms with Gasteiger partial charge in [-0.3, -0.25) is 0 Å². The minimum atomic E-state index is -1.42. The largest absolute Gasteiger partial charge is 0.505 e. The second kappa shape index (κ2) is 9.58. The van der Waals surface area contributed by atoms with E-state index in [-0.39, 0.29) is 21.1 Å². The maximum Gasteiger partial charge on any atom is 0.377 e. The van der Waals surface area contributed by atoms with E-state index < -0.39 is 72.6 Å². The van der Waals surface area contributed by atoms with E-state index >= 15 is 0 Å². The molecule has 0 amide bonds. The first kappa shape index (κ1) is 23.1. The van der Waals surface area contributed by atoms with Crippen molar-refractivity contribution in [2.75, 3.05) is 13.2 Å². The number of cyclic esters (lactones) is 2. The number of hydrogen-bond acceptors (Lipinski definition) is 12. The Morgan fingerprint density at radius 1 is 0.760 bits per heavy atom. The van der Waals surface area contributed by atoms with E-state index in [1.54, 1.807) is 0 Å². The van der Waals surface area contributed by atoms with Crippen molar-refractivity contribution in [3.8, 4) is 0 Å². The van der Waals surface area contributed by atoms with Crippen LogP contribution in [0.25, 0.3) is 0 Å². The molecule has 25 heavy (non-hydrogen) atoms. The molecule has 0 radical (unpaired) electrons. The summed E-state index contributed by atoms with van der Waals surface area (Å²) in [6, 6.07) is 0. The third-order valence-electron chi connectivity index (χ3n) is 2.95. The monoisotopic (exact) mass is 547 g/mol. The Labute approximate surface area is 154 Å². The Morgan fingerprint density at radius 2 is 1.04 bits per heavy atom. The van der Waals surface area contributed by atoms with Gasteiger partial charge in [0, 0.05) is 21.1 Å². The number of aliphatic hydroxyl groups excluding tert-OH is 8. The van der Waals surface area contributed by atoms with Crippen LogP contribution in [0.3, 0.4) is 0 Å². The summed E-state index contributed by atoms with van der Waals surface area (Å²) in [5.74, 6) is -5.56. The predicted molar refractivity (Wildman–Crippen MR) is 70.5 cm³/mol. The number of aliphatic hydroxyl groups is 8. The summed E-state index contributed by atoms with van der Waals surface area (Å²) >= 11 is 0. The number of ether oxygens (including phenoxy) is 2.